The highest BCUT2D eigenvalue weighted by Gasteiger charge is 1.97. The van der Waals surface area contributed by atoms with Crippen LogP contribution in [0.3, 0.4) is 0 Å². The van der Waals surface area contributed by atoms with Crippen molar-refractivity contribution in [2.75, 3.05) is 5.88 Å². The molecule has 0 saturated carbocycles. The topological polar surface area (TPSA) is 17.1 Å². The highest BCUT2D eigenvalue weighted by molar-refractivity contribution is 6.17. The summed E-state index contributed by atoms with van der Waals surface area (Å²) in [5.41, 5.74) is 0. The van der Waals surface area contributed by atoms with E-state index in [1.807, 2.05) is 6.92 Å². The van der Waals surface area contributed by atoms with Crippen molar-refractivity contribution in [3.05, 3.63) is 0 Å². The summed E-state index contributed by atoms with van der Waals surface area (Å²) < 4.78 is 0. The molecular formula is C9H17ClO. The highest BCUT2D eigenvalue weighted by Crippen LogP contribution is 2.08. The standard InChI is InChI=1S/C9H17ClO/c1-9(8-11)6-4-2-3-5-7-10/h8-9H,2-7H2,1H3. The van der Waals surface area contributed by atoms with Gasteiger partial charge in [-0.2, -0.15) is 0 Å². The first-order valence-corrected chi connectivity index (χ1v) is 4.86. The van der Waals surface area contributed by atoms with E-state index in [4.69, 9.17) is 11.6 Å². The predicted molar refractivity (Wildman–Crippen MR) is 49.0 cm³/mol. The molecule has 0 saturated heterocycles. The molecular weight excluding hydrogens is 160 g/mol. The van der Waals surface area contributed by atoms with E-state index in [-0.39, 0.29) is 5.92 Å². The molecule has 2 heteroatoms. The Labute approximate surface area is 74.1 Å². The average molecular weight is 177 g/mol. The van der Waals surface area contributed by atoms with E-state index in [1.165, 1.54) is 12.8 Å². The Bertz CT molecular complexity index is 93.6. The third-order valence-corrected chi connectivity index (χ3v) is 2.04. The average Bonchev–Trinajstić information content (AvgIpc) is 2.04. The first-order chi connectivity index (χ1) is 5.31. The van der Waals surface area contributed by atoms with Crippen LogP contribution in [-0.2, 0) is 4.79 Å². The molecule has 0 heterocycles. The molecule has 0 aromatic rings. The second-order valence-corrected chi connectivity index (χ2v) is 3.38. The number of hydrogen-bond donors (Lipinski definition) is 0. The van der Waals surface area contributed by atoms with E-state index in [0.29, 0.717) is 0 Å². The maximum Gasteiger partial charge on any atom is 0.122 e. The van der Waals surface area contributed by atoms with Crippen LogP contribution in [-0.4, -0.2) is 12.2 Å². The molecule has 0 aliphatic heterocycles. The van der Waals surface area contributed by atoms with Crippen LogP contribution in [0.15, 0.2) is 0 Å². The lowest BCUT2D eigenvalue weighted by Gasteiger charge is -2.01. The van der Waals surface area contributed by atoms with Crippen molar-refractivity contribution in [2.24, 2.45) is 5.92 Å². The van der Waals surface area contributed by atoms with Crippen molar-refractivity contribution in [3.63, 3.8) is 0 Å². The summed E-state index contributed by atoms with van der Waals surface area (Å²) in [6, 6.07) is 0. The zero-order valence-corrected chi connectivity index (χ0v) is 7.94. The van der Waals surface area contributed by atoms with Crippen LogP contribution in [0.4, 0.5) is 0 Å². The zero-order chi connectivity index (χ0) is 8.53. The molecule has 0 aliphatic rings. The molecule has 0 bridgehead atoms. The summed E-state index contributed by atoms with van der Waals surface area (Å²) in [6.07, 6.45) is 6.75. The van der Waals surface area contributed by atoms with Gasteiger partial charge in [-0.1, -0.05) is 26.2 Å². The summed E-state index contributed by atoms with van der Waals surface area (Å²) in [7, 11) is 0. The van der Waals surface area contributed by atoms with Crippen LogP contribution < -0.4 is 0 Å². The van der Waals surface area contributed by atoms with Crippen LogP contribution in [0.25, 0.3) is 0 Å². The number of alkyl halides is 1. The fourth-order valence-corrected chi connectivity index (χ4v) is 1.17. The summed E-state index contributed by atoms with van der Waals surface area (Å²) in [4.78, 5) is 10.2. The monoisotopic (exact) mass is 176 g/mol. The molecule has 1 atom stereocenters. The minimum atomic E-state index is 0.242. The van der Waals surface area contributed by atoms with Gasteiger partial charge in [-0.05, 0) is 12.8 Å². The van der Waals surface area contributed by atoms with E-state index in [9.17, 15) is 4.79 Å². The van der Waals surface area contributed by atoms with Gasteiger partial charge < -0.3 is 4.79 Å². The molecule has 0 spiro atoms. The van der Waals surface area contributed by atoms with Gasteiger partial charge in [0.25, 0.3) is 0 Å². The van der Waals surface area contributed by atoms with Gasteiger partial charge in [-0.3, -0.25) is 0 Å². The number of halogens is 1. The summed E-state index contributed by atoms with van der Waals surface area (Å²) in [5.74, 6) is 1.01. The van der Waals surface area contributed by atoms with E-state index < -0.39 is 0 Å². The fourth-order valence-electron chi connectivity index (χ4n) is 0.982. The normalized spacial score (nSPS) is 12.9. The first-order valence-electron chi connectivity index (χ1n) is 4.32. The van der Waals surface area contributed by atoms with Gasteiger partial charge in [-0.15, -0.1) is 11.6 Å². The Morgan fingerprint density at radius 3 is 2.45 bits per heavy atom. The second kappa shape index (κ2) is 8.06. The van der Waals surface area contributed by atoms with E-state index in [1.54, 1.807) is 0 Å². The van der Waals surface area contributed by atoms with Crippen LogP contribution in [0.5, 0.6) is 0 Å². The van der Waals surface area contributed by atoms with Gasteiger partial charge in [0.2, 0.25) is 0 Å². The number of rotatable bonds is 7. The maximum atomic E-state index is 10.2. The highest BCUT2D eigenvalue weighted by atomic mass is 35.5. The SMILES string of the molecule is CC(C=O)CCCCCCCl. The Kier molecular flexibility index (Phi) is 8.03. The van der Waals surface area contributed by atoms with Crippen LogP contribution >= 0.6 is 11.6 Å². The molecule has 1 unspecified atom stereocenters. The fraction of sp³-hybridized carbons (Fsp3) is 0.889. The molecule has 0 aromatic carbocycles. The van der Waals surface area contributed by atoms with E-state index >= 15 is 0 Å². The third-order valence-electron chi connectivity index (χ3n) is 1.78. The number of unbranched alkanes of at least 4 members (excludes halogenated alkanes) is 3. The first kappa shape index (κ1) is 11.0. The zero-order valence-electron chi connectivity index (χ0n) is 7.18. The van der Waals surface area contributed by atoms with Gasteiger partial charge in [0.1, 0.15) is 6.29 Å². The van der Waals surface area contributed by atoms with Gasteiger partial charge in [0.05, 0.1) is 0 Å². The maximum absolute atomic E-state index is 10.2. The smallest absolute Gasteiger partial charge is 0.122 e. The lowest BCUT2D eigenvalue weighted by Crippen LogP contribution is -1.94. The predicted octanol–water partition coefficient (Wildman–Crippen LogP) is 3.01. The number of hydrogen-bond acceptors (Lipinski definition) is 1. The van der Waals surface area contributed by atoms with E-state index in [2.05, 4.69) is 0 Å². The van der Waals surface area contributed by atoms with E-state index in [0.717, 1.165) is 31.4 Å². The van der Waals surface area contributed by atoms with Crippen LogP contribution in [0.1, 0.15) is 39.0 Å². The molecule has 1 nitrogen and oxygen atoms in total. The molecule has 66 valence electrons. The Balaban J connectivity index is 2.95. The molecule has 0 N–H and O–H groups in total. The van der Waals surface area contributed by atoms with Crippen molar-refractivity contribution < 1.29 is 4.79 Å². The Hall–Kier alpha value is -0.0400. The van der Waals surface area contributed by atoms with Crippen LogP contribution in [0, 0.1) is 5.92 Å². The summed E-state index contributed by atoms with van der Waals surface area (Å²) in [5, 5.41) is 0. The van der Waals surface area contributed by atoms with Crippen molar-refractivity contribution in [1.29, 1.82) is 0 Å². The number of carbonyl (C=O) groups excluding carboxylic acids is 1. The molecule has 0 aliphatic carbocycles. The third kappa shape index (κ3) is 7.86. The molecule has 0 amide bonds. The minimum absolute atomic E-state index is 0.242. The molecule has 0 radical (unpaired) electrons. The summed E-state index contributed by atoms with van der Waals surface area (Å²) >= 11 is 5.51. The quantitative estimate of drug-likeness (QED) is 0.331. The molecule has 0 rings (SSSR count). The Morgan fingerprint density at radius 1 is 1.27 bits per heavy atom. The van der Waals surface area contributed by atoms with Gasteiger partial charge in [0.15, 0.2) is 0 Å². The van der Waals surface area contributed by atoms with Gasteiger partial charge in [0, 0.05) is 11.8 Å². The lowest BCUT2D eigenvalue weighted by atomic mass is 10.0. The van der Waals surface area contributed by atoms with Crippen molar-refractivity contribution >= 4 is 17.9 Å². The molecule has 0 aromatic heterocycles. The van der Waals surface area contributed by atoms with Gasteiger partial charge in [-0.25, -0.2) is 0 Å². The van der Waals surface area contributed by atoms with Crippen molar-refractivity contribution in [2.45, 2.75) is 39.0 Å². The number of carbonyl (C=O) groups is 1. The Morgan fingerprint density at radius 2 is 1.91 bits per heavy atom. The molecule has 0 fully saturated rings. The summed E-state index contributed by atoms with van der Waals surface area (Å²) in [6.45, 7) is 1.97. The van der Waals surface area contributed by atoms with Crippen molar-refractivity contribution in [3.8, 4) is 0 Å². The second-order valence-electron chi connectivity index (χ2n) is 3.01. The number of aldehydes is 1. The lowest BCUT2D eigenvalue weighted by molar-refractivity contribution is -0.110. The van der Waals surface area contributed by atoms with Gasteiger partial charge >= 0.3 is 0 Å². The van der Waals surface area contributed by atoms with Crippen LogP contribution in [0.2, 0.25) is 0 Å². The molecule has 11 heavy (non-hydrogen) atoms. The minimum Gasteiger partial charge on any atom is -0.303 e. The largest absolute Gasteiger partial charge is 0.303 e. The van der Waals surface area contributed by atoms with Crippen molar-refractivity contribution in [1.82, 2.24) is 0 Å².